The quantitative estimate of drug-likeness (QED) is 0.0693. The van der Waals surface area contributed by atoms with Gasteiger partial charge in [0.25, 0.3) is 30.0 Å². The molecule has 0 spiro atoms. The first-order valence-electron chi connectivity index (χ1n) is 18.0. The predicted molar refractivity (Wildman–Crippen MR) is 213 cm³/mol. The highest BCUT2D eigenvalue weighted by Crippen LogP contribution is 2.43. The summed E-state index contributed by atoms with van der Waals surface area (Å²) in [4.78, 5) is 36.8. The Kier molecular flexibility index (Phi) is 11.1. The van der Waals surface area contributed by atoms with Crippen LogP contribution >= 0.6 is 0 Å². The van der Waals surface area contributed by atoms with Crippen molar-refractivity contribution in [3.05, 3.63) is 144 Å². The average molecular weight is 809 g/mol. The van der Waals surface area contributed by atoms with Crippen LogP contribution in [-0.4, -0.2) is 79.1 Å². The fourth-order valence-electron chi connectivity index (χ4n) is 7.21. The van der Waals surface area contributed by atoms with Gasteiger partial charge in [-0.1, -0.05) is 99.6 Å². The Balaban J connectivity index is 1.30. The van der Waals surface area contributed by atoms with Crippen LogP contribution in [0.3, 0.4) is 0 Å². The standard InChI is InChI=1S/C40H40N6O9SSi/c1-40(2,3)57(30-16-10-6-11-17-30,31-18-12-7-13-19-31)55-34-32(24-53-56(50,51)29-22-20-28(21-23-29)46(48)49)54-39(35(34)52-4)45-26-43-33-36(41-25-42-37(33)45)44-38(47)27-14-8-5-9-15-27/h5-23,25-26,32,34-35,39H,24H2,1-4H3,(H,41,42,44,47)/t32-,34-,35-,39-/m1/s1. The number of ether oxygens (including phenoxy) is 2. The molecular formula is C40H40N6O9SSi. The second-order valence-electron chi connectivity index (χ2n) is 14.4. The topological polar surface area (TPSA) is 187 Å². The molecular weight excluding hydrogens is 769 g/mol. The third kappa shape index (κ3) is 7.72. The van der Waals surface area contributed by atoms with Crippen LogP contribution in [0.1, 0.15) is 37.4 Å². The lowest BCUT2D eigenvalue weighted by atomic mass is 10.1. The van der Waals surface area contributed by atoms with Crippen molar-refractivity contribution >= 4 is 57.4 Å². The first-order chi connectivity index (χ1) is 27.3. The number of rotatable bonds is 13. The van der Waals surface area contributed by atoms with Crippen molar-refractivity contribution < 1.29 is 36.2 Å². The molecule has 4 aromatic carbocycles. The number of carbonyl (C=O) groups excluding carboxylic acids is 1. The molecule has 7 rings (SSSR count). The lowest BCUT2D eigenvalue weighted by Gasteiger charge is -2.45. The highest BCUT2D eigenvalue weighted by molar-refractivity contribution is 7.86. The summed E-state index contributed by atoms with van der Waals surface area (Å²) in [5.74, 6) is -0.212. The Morgan fingerprint density at radius 2 is 1.47 bits per heavy atom. The van der Waals surface area contributed by atoms with Gasteiger partial charge >= 0.3 is 0 Å². The monoisotopic (exact) mass is 808 g/mol. The smallest absolute Gasteiger partial charge is 0.297 e. The van der Waals surface area contributed by atoms with Gasteiger partial charge < -0.3 is 19.2 Å². The van der Waals surface area contributed by atoms with Crippen molar-refractivity contribution in [2.24, 2.45) is 0 Å². The Morgan fingerprint density at radius 1 is 0.877 bits per heavy atom. The molecule has 57 heavy (non-hydrogen) atoms. The molecule has 1 aliphatic rings. The second-order valence-corrected chi connectivity index (χ2v) is 20.2. The Morgan fingerprint density at radius 3 is 2.04 bits per heavy atom. The van der Waals surface area contributed by atoms with Crippen molar-refractivity contribution in [1.29, 1.82) is 0 Å². The summed E-state index contributed by atoms with van der Waals surface area (Å²) in [6.07, 6.45) is -1.05. The van der Waals surface area contributed by atoms with E-state index < -0.39 is 59.5 Å². The number of non-ortho nitro benzene ring substituents is 1. The van der Waals surface area contributed by atoms with E-state index in [4.69, 9.17) is 18.1 Å². The fourth-order valence-corrected chi connectivity index (χ4v) is 12.8. The van der Waals surface area contributed by atoms with Crippen LogP contribution in [0.4, 0.5) is 11.5 Å². The number of nitro benzene ring substituents is 1. The van der Waals surface area contributed by atoms with E-state index in [1.165, 1.54) is 19.8 Å². The van der Waals surface area contributed by atoms with Gasteiger partial charge in [-0.3, -0.25) is 23.7 Å². The molecule has 1 fully saturated rings. The number of fused-ring (bicyclic) bond motifs is 1. The second kappa shape index (κ2) is 16.0. The van der Waals surface area contributed by atoms with Crippen LogP contribution in [0.15, 0.2) is 133 Å². The first-order valence-corrected chi connectivity index (χ1v) is 21.3. The van der Waals surface area contributed by atoms with Crippen molar-refractivity contribution in [1.82, 2.24) is 19.5 Å². The summed E-state index contributed by atoms with van der Waals surface area (Å²) < 4.78 is 54.9. The zero-order valence-corrected chi connectivity index (χ0v) is 33.3. The van der Waals surface area contributed by atoms with E-state index in [-0.39, 0.29) is 27.8 Å². The third-order valence-electron chi connectivity index (χ3n) is 9.91. The van der Waals surface area contributed by atoms with E-state index in [9.17, 15) is 23.3 Å². The summed E-state index contributed by atoms with van der Waals surface area (Å²) in [6.45, 7) is 5.85. The maximum absolute atomic E-state index is 13.6. The number of carbonyl (C=O) groups is 1. The molecule has 0 bridgehead atoms. The summed E-state index contributed by atoms with van der Waals surface area (Å²) in [5.41, 5.74) is 0.753. The van der Waals surface area contributed by atoms with Crippen molar-refractivity contribution in [2.45, 2.75) is 55.2 Å². The summed E-state index contributed by atoms with van der Waals surface area (Å²) in [6, 6.07) is 32.9. The molecule has 1 saturated heterocycles. The molecule has 0 radical (unpaired) electrons. The number of hydrogen-bond donors (Lipinski definition) is 1. The number of methoxy groups -OCH3 is 1. The van der Waals surface area contributed by atoms with Crippen LogP contribution in [0.5, 0.6) is 0 Å². The van der Waals surface area contributed by atoms with E-state index in [1.807, 2.05) is 66.7 Å². The number of nitrogens with one attached hydrogen (secondary N) is 1. The molecule has 0 saturated carbocycles. The van der Waals surface area contributed by atoms with Crippen LogP contribution in [0.25, 0.3) is 11.2 Å². The fraction of sp³-hybridized carbons (Fsp3) is 0.250. The average Bonchev–Trinajstić information content (AvgIpc) is 3.81. The number of amides is 1. The number of benzene rings is 4. The molecule has 15 nitrogen and oxygen atoms in total. The van der Waals surface area contributed by atoms with Crippen LogP contribution in [0.2, 0.25) is 5.04 Å². The minimum atomic E-state index is -4.43. The molecule has 1 N–H and O–H groups in total. The normalized spacial score (nSPS) is 18.7. The van der Waals surface area contributed by atoms with E-state index >= 15 is 0 Å². The predicted octanol–water partition coefficient (Wildman–Crippen LogP) is 5.25. The largest absolute Gasteiger partial charge is 0.399 e. The van der Waals surface area contributed by atoms with Gasteiger partial charge in [-0.2, -0.15) is 8.42 Å². The lowest BCUT2D eigenvalue weighted by Crippen LogP contribution is -2.69. The Labute approximate surface area is 330 Å². The number of hydrogen-bond acceptors (Lipinski definition) is 12. The number of nitrogens with zero attached hydrogens (tertiary/aromatic N) is 5. The van der Waals surface area contributed by atoms with E-state index in [0.29, 0.717) is 11.2 Å². The van der Waals surface area contributed by atoms with Gasteiger partial charge in [0.15, 0.2) is 23.2 Å². The number of aromatic nitrogens is 4. The molecule has 3 heterocycles. The molecule has 0 unspecified atom stereocenters. The minimum absolute atomic E-state index is 0.175. The molecule has 1 aliphatic heterocycles. The van der Waals surface area contributed by atoms with Gasteiger partial charge in [-0.05, 0) is 39.7 Å². The molecule has 0 aliphatic carbocycles. The molecule has 2 aromatic heterocycles. The van der Waals surface area contributed by atoms with Crippen molar-refractivity contribution in [2.75, 3.05) is 19.0 Å². The number of nitro groups is 1. The maximum atomic E-state index is 13.6. The van der Waals surface area contributed by atoms with Crippen LogP contribution in [-0.2, 0) is 28.2 Å². The maximum Gasteiger partial charge on any atom is 0.297 e. The molecule has 4 atom stereocenters. The summed E-state index contributed by atoms with van der Waals surface area (Å²) >= 11 is 0. The van der Waals surface area contributed by atoms with Crippen LogP contribution < -0.4 is 15.7 Å². The van der Waals surface area contributed by atoms with Crippen molar-refractivity contribution in [3.63, 3.8) is 0 Å². The number of anilines is 1. The van der Waals surface area contributed by atoms with Crippen LogP contribution in [0, 0.1) is 10.1 Å². The lowest BCUT2D eigenvalue weighted by molar-refractivity contribution is -0.384. The molecule has 6 aromatic rings. The zero-order valence-electron chi connectivity index (χ0n) is 31.5. The van der Waals surface area contributed by atoms with Crippen molar-refractivity contribution in [3.8, 4) is 0 Å². The highest BCUT2D eigenvalue weighted by atomic mass is 32.2. The Hall–Kier alpha value is -5.69. The van der Waals surface area contributed by atoms with Gasteiger partial charge in [-0.25, -0.2) is 15.0 Å². The summed E-state index contributed by atoms with van der Waals surface area (Å²) in [5, 5.41) is 15.5. The van der Waals surface area contributed by atoms with Gasteiger partial charge in [0.1, 0.15) is 24.6 Å². The summed E-state index contributed by atoms with van der Waals surface area (Å²) in [7, 11) is -6.24. The van der Waals surface area contributed by atoms with E-state index in [1.54, 1.807) is 28.8 Å². The molecule has 17 heteroatoms. The van der Waals surface area contributed by atoms with Gasteiger partial charge in [0.05, 0.1) is 22.8 Å². The molecule has 294 valence electrons. The SMILES string of the molecule is CO[C@@H]1[C@H](O[Si](c2ccccc2)(c2ccccc2)C(C)(C)C)[C@@H](COS(=O)(=O)c2ccc([N+](=O)[O-])cc2)O[C@H]1n1cnc2c(NC(=O)c3ccccc3)ncnc21. The number of imidazole rings is 1. The van der Waals surface area contributed by atoms with Gasteiger partial charge in [0.2, 0.25) is 0 Å². The Bertz CT molecular complexity index is 2430. The van der Waals surface area contributed by atoms with Gasteiger partial charge in [0, 0.05) is 24.8 Å². The highest BCUT2D eigenvalue weighted by Gasteiger charge is 2.57. The van der Waals surface area contributed by atoms with E-state index in [2.05, 4.69) is 41.0 Å². The first kappa shape index (κ1) is 39.5. The molecule has 1 amide bonds. The minimum Gasteiger partial charge on any atom is -0.399 e. The zero-order chi connectivity index (χ0) is 40.4. The third-order valence-corrected chi connectivity index (χ3v) is 16.2. The van der Waals surface area contributed by atoms with Gasteiger partial charge in [-0.15, -0.1) is 0 Å². The van der Waals surface area contributed by atoms with E-state index in [0.717, 1.165) is 34.6 Å².